The van der Waals surface area contributed by atoms with Crippen LogP contribution in [0.5, 0.6) is 5.75 Å². The number of hydrogen-bond donors (Lipinski definition) is 1. The Morgan fingerprint density at radius 3 is 2.76 bits per heavy atom. The van der Waals surface area contributed by atoms with Crippen molar-refractivity contribution in [1.82, 2.24) is 14.9 Å². The number of amides is 1. The van der Waals surface area contributed by atoms with Crippen molar-refractivity contribution in [3.05, 3.63) is 69.2 Å². The second-order valence-electron chi connectivity index (χ2n) is 6.78. The zero-order chi connectivity index (χ0) is 20.8. The van der Waals surface area contributed by atoms with Crippen molar-refractivity contribution >= 4 is 28.4 Å². The maximum absolute atomic E-state index is 13.1. The van der Waals surface area contributed by atoms with Gasteiger partial charge in [0.1, 0.15) is 11.6 Å². The Kier molecular flexibility index (Phi) is 6.88. The van der Waals surface area contributed by atoms with Crippen LogP contribution < -0.4 is 10.3 Å². The quantitative estimate of drug-likeness (QED) is 0.593. The first-order chi connectivity index (χ1) is 14.0. The molecule has 0 spiro atoms. The van der Waals surface area contributed by atoms with Gasteiger partial charge in [0.25, 0.3) is 11.5 Å². The van der Waals surface area contributed by atoms with Gasteiger partial charge in [0.15, 0.2) is 0 Å². The van der Waals surface area contributed by atoms with Gasteiger partial charge in [0, 0.05) is 17.1 Å². The molecule has 0 aliphatic rings. The lowest BCUT2D eigenvalue weighted by Gasteiger charge is -2.22. The predicted octanol–water partition coefficient (Wildman–Crippen LogP) is 4.42. The molecule has 0 bridgehead atoms. The van der Waals surface area contributed by atoms with Crippen molar-refractivity contribution in [3.8, 4) is 5.75 Å². The van der Waals surface area contributed by atoms with E-state index in [1.54, 1.807) is 41.3 Å². The number of fused-ring (bicyclic) bond motifs is 1. The van der Waals surface area contributed by atoms with Crippen LogP contribution >= 0.6 is 11.6 Å². The largest absolute Gasteiger partial charge is 0.494 e. The Hall–Kier alpha value is -2.86. The first kappa shape index (κ1) is 20.9. The molecule has 0 saturated heterocycles. The number of aromatic amines is 1. The number of nitrogens with one attached hydrogen (secondary N) is 1. The predicted molar refractivity (Wildman–Crippen MR) is 115 cm³/mol. The number of carbonyl (C=O) groups is 1. The normalized spacial score (nSPS) is 10.9. The number of aromatic nitrogens is 2. The van der Waals surface area contributed by atoms with Crippen molar-refractivity contribution in [2.45, 2.75) is 33.2 Å². The summed E-state index contributed by atoms with van der Waals surface area (Å²) in [5.41, 5.74) is 0.800. The summed E-state index contributed by atoms with van der Waals surface area (Å²) in [7, 11) is 0. The molecule has 2 aromatic carbocycles. The van der Waals surface area contributed by atoms with Crippen LogP contribution in [0.4, 0.5) is 0 Å². The Morgan fingerprint density at radius 1 is 1.17 bits per heavy atom. The standard InChI is InChI=1S/C22H24ClN3O3/c1-3-10-26(22(28)15-6-5-7-17(12-15)29-11-4-2)14-20-24-19-13-16(23)8-9-18(19)21(27)25-20/h5-9,12-13H,3-4,10-11,14H2,1-2H3,(H,24,25,27). The molecule has 0 saturated carbocycles. The van der Waals surface area contributed by atoms with Gasteiger partial charge in [-0.2, -0.15) is 0 Å². The monoisotopic (exact) mass is 413 g/mol. The molecular formula is C22H24ClN3O3. The summed E-state index contributed by atoms with van der Waals surface area (Å²) in [5, 5.41) is 0.972. The molecule has 0 aliphatic heterocycles. The third kappa shape index (κ3) is 5.15. The molecule has 0 radical (unpaired) electrons. The van der Waals surface area contributed by atoms with Crippen LogP contribution in [0.25, 0.3) is 10.9 Å². The minimum Gasteiger partial charge on any atom is -0.494 e. The van der Waals surface area contributed by atoms with E-state index in [0.717, 1.165) is 12.8 Å². The molecule has 29 heavy (non-hydrogen) atoms. The van der Waals surface area contributed by atoms with Crippen LogP contribution in [-0.4, -0.2) is 33.9 Å². The molecule has 7 heteroatoms. The van der Waals surface area contributed by atoms with E-state index in [4.69, 9.17) is 16.3 Å². The zero-order valence-electron chi connectivity index (χ0n) is 16.6. The summed E-state index contributed by atoms with van der Waals surface area (Å²) in [6.07, 6.45) is 1.67. The number of halogens is 1. The van der Waals surface area contributed by atoms with Gasteiger partial charge in [0.05, 0.1) is 24.1 Å². The smallest absolute Gasteiger partial charge is 0.258 e. The average Bonchev–Trinajstić information content (AvgIpc) is 2.71. The van der Waals surface area contributed by atoms with Crippen LogP contribution in [0.1, 0.15) is 42.9 Å². The molecule has 3 aromatic rings. The number of carbonyl (C=O) groups excluding carboxylic acids is 1. The fraction of sp³-hybridized carbons (Fsp3) is 0.318. The third-order valence-electron chi connectivity index (χ3n) is 4.39. The molecule has 6 nitrogen and oxygen atoms in total. The van der Waals surface area contributed by atoms with Gasteiger partial charge in [-0.3, -0.25) is 9.59 Å². The molecule has 0 unspecified atom stereocenters. The van der Waals surface area contributed by atoms with Crippen LogP contribution in [0.3, 0.4) is 0 Å². The van der Waals surface area contributed by atoms with E-state index in [0.29, 0.717) is 46.2 Å². The van der Waals surface area contributed by atoms with Crippen molar-refractivity contribution in [2.24, 2.45) is 0 Å². The van der Waals surface area contributed by atoms with Gasteiger partial charge in [-0.05, 0) is 49.2 Å². The zero-order valence-corrected chi connectivity index (χ0v) is 17.3. The van der Waals surface area contributed by atoms with Crippen LogP contribution in [0.2, 0.25) is 5.02 Å². The molecule has 1 N–H and O–H groups in total. The van der Waals surface area contributed by atoms with E-state index in [9.17, 15) is 9.59 Å². The van der Waals surface area contributed by atoms with Gasteiger partial charge in [-0.1, -0.05) is 31.5 Å². The number of benzene rings is 2. The van der Waals surface area contributed by atoms with Crippen molar-refractivity contribution < 1.29 is 9.53 Å². The van der Waals surface area contributed by atoms with E-state index in [-0.39, 0.29) is 18.0 Å². The summed E-state index contributed by atoms with van der Waals surface area (Å²) in [5.74, 6) is 0.952. The van der Waals surface area contributed by atoms with Crippen molar-refractivity contribution in [3.63, 3.8) is 0 Å². The number of nitrogens with zero attached hydrogens (tertiary/aromatic N) is 2. The second-order valence-corrected chi connectivity index (χ2v) is 7.21. The fourth-order valence-electron chi connectivity index (χ4n) is 3.06. The van der Waals surface area contributed by atoms with Gasteiger partial charge in [-0.25, -0.2) is 4.98 Å². The fourth-order valence-corrected chi connectivity index (χ4v) is 3.23. The van der Waals surface area contributed by atoms with Crippen molar-refractivity contribution in [2.75, 3.05) is 13.2 Å². The Labute approximate surface area is 174 Å². The van der Waals surface area contributed by atoms with Crippen LogP contribution in [0, 0.1) is 0 Å². The van der Waals surface area contributed by atoms with Crippen molar-refractivity contribution in [1.29, 1.82) is 0 Å². The lowest BCUT2D eigenvalue weighted by Crippen LogP contribution is -2.32. The molecular weight excluding hydrogens is 390 g/mol. The lowest BCUT2D eigenvalue weighted by molar-refractivity contribution is 0.0738. The molecule has 0 fully saturated rings. The first-order valence-corrected chi connectivity index (χ1v) is 10.1. The molecule has 0 aliphatic carbocycles. The second kappa shape index (κ2) is 9.56. The maximum Gasteiger partial charge on any atom is 0.258 e. The van der Waals surface area contributed by atoms with E-state index in [2.05, 4.69) is 9.97 Å². The Morgan fingerprint density at radius 2 is 2.00 bits per heavy atom. The highest BCUT2D eigenvalue weighted by Crippen LogP contribution is 2.18. The van der Waals surface area contributed by atoms with Gasteiger partial charge >= 0.3 is 0 Å². The number of H-pyrrole nitrogens is 1. The van der Waals surface area contributed by atoms with E-state index < -0.39 is 0 Å². The lowest BCUT2D eigenvalue weighted by atomic mass is 10.1. The first-order valence-electron chi connectivity index (χ1n) is 9.72. The van der Waals surface area contributed by atoms with E-state index in [1.165, 1.54) is 0 Å². The highest BCUT2D eigenvalue weighted by Gasteiger charge is 2.18. The van der Waals surface area contributed by atoms with Gasteiger partial charge in [0.2, 0.25) is 0 Å². The molecule has 0 atom stereocenters. The van der Waals surface area contributed by atoms with E-state index in [1.807, 2.05) is 19.9 Å². The number of ether oxygens (including phenoxy) is 1. The molecule has 152 valence electrons. The minimum atomic E-state index is -0.250. The minimum absolute atomic E-state index is 0.136. The van der Waals surface area contributed by atoms with E-state index >= 15 is 0 Å². The highest BCUT2D eigenvalue weighted by atomic mass is 35.5. The Balaban J connectivity index is 1.87. The Bertz CT molecular complexity index is 1060. The SMILES string of the molecule is CCCOc1cccc(C(=O)N(CCC)Cc2nc3cc(Cl)ccc3c(=O)[nH]2)c1. The highest BCUT2D eigenvalue weighted by molar-refractivity contribution is 6.31. The summed E-state index contributed by atoms with van der Waals surface area (Å²) < 4.78 is 5.64. The van der Waals surface area contributed by atoms with Crippen LogP contribution in [-0.2, 0) is 6.54 Å². The summed E-state index contributed by atoms with van der Waals surface area (Å²) in [6.45, 7) is 5.36. The summed E-state index contributed by atoms with van der Waals surface area (Å²) in [4.78, 5) is 34.4. The molecule has 1 heterocycles. The topological polar surface area (TPSA) is 75.3 Å². The number of rotatable bonds is 8. The number of hydrogen-bond acceptors (Lipinski definition) is 4. The summed E-state index contributed by atoms with van der Waals surface area (Å²) >= 11 is 6.03. The summed E-state index contributed by atoms with van der Waals surface area (Å²) in [6, 6.07) is 12.1. The maximum atomic E-state index is 13.1. The van der Waals surface area contributed by atoms with Crippen LogP contribution in [0.15, 0.2) is 47.3 Å². The third-order valence-corrected chi connectivity index (χ3v) is 4.63. The molecule has 3 rings (SSSR count). The average molecular weight is 414 g/mol. The molecule has 1 aromatic heterocycles. The van der Waals surface area contributed by atoms with Gasteiger partial charge < -0.3 is 14.6 Å². The van der Waals surface area contributed by atoms with Gasteiger partial charge in [-0.15, -0.1) is 0 Å². The molecule has 1 amide bonds.